The molecule has 0 N–H and O–H groups in total. The second-order valence-corrected chi connectivity index (χ2v) is 10.1. The van der Waals surface area contributed by atoms with Crippen LogP contribution in [0.15, 0.2) is 12.7 Å². The van der Waals surface area contributed by atoms with Crippen LogP contribution in [-0.2, 0) is 4.74 Å². The normalized spacial score (nSPS) is 14.3. The van der Waals surface area contributed by atoms with E-state index in [4.69, 9.17) is 4.74 Å². The first-order chi connectivity index (χ1) is 5.45. The lowest BCUT2D eigenvalue weighted by molar-refractivity contribution is 0.0817. The molecule has 1 unspecified atom stereocenters. The van der Waals surface area contributed by atoms with Crippen LogP contribution in [0.2, 0.25) is 25.7 Å². The fourth-order valence-electron chi connectivity index (χ4n) is 1.27. The Bertz CT molecular complexity index is 126. The van der Waals surface area contributed by atoms with E-state index >= 15 is 0 Å². The van der Waals surface area contributed by atoms with E-state index in [9.17, 15) is 0 Å². The van der Waals surface area contributed by atoms with Crippen LogP contribution in [0, 0.1) is 0 Å². The monoisotopic (exact) mass is 186 g/mol. The highest BCUT2D eigenvalue weighted by molar-refractivity contribution is 6.76. The topological polar surface area (TPSA) is 9.23 Å². The summed E-state index contributed by atoms with van der Waals surface area (Å²) >= 11 is 0. The molecule has 0 saturated heterocycles. The number of ether oxygens (including phenoxy) is 1. The molecule has 0 aromatic carbocycles. The summed E-state index contributed by atoms with van der Waals surface area (Å²) in [5, 5.41) is 0. The molecule has 0 amide bonds. The summed E-state index contributed by atoms with van der Waals surface area (Å²) in [4.78, 5) is 0. The molecule has 0 bridgehead atoms. The summed E-state index contributed by atoms with van der Waals surface area (Å²) in [6.07, 6.45) is 3.30. The molecule has 0 heterocycles. The molecule has 0 aromatic rings. The Hall–Kier alpha value is -0.0831. The van der Waals surface area contributed by atoms with Crippen LogP contribution < -0.4 is 0 Å². The molecule has 72 valence electrons. The molecule has 0 aliphatic heterocycles. The Morgan fingerprint density at radius 3 is 2.42 bits per heavy atom. The van der Waals surface area contributed by atoms with E-state index in [1.54, 1.807) is 0 Å². The van der Waals surface area contributed by atoms with Gasteiger partial charge in [-0.3, -0.25) is 0 Å². The Kier molecular flexibility index (Phi) is 5.50. The van der Waals surface area contributed by atoms with Gasteiger partial charge in [0.1, 0.15) is 0 Å². The molecule has 0 radical (unpaired) electrons. The minimum absolute atomic E-state index is 0.427. The van der Waals surface area contributed by atoms with Crippen molar-refractivity contribution in [3.8, 4) is 0 Å². The van der Waals surface area contributed by atoms with E-state index in [1.165, 1.54) is 6.04 Å². The third-order valence-electron chi connectivity index (χ3n) is 1.62. The van der Waals surface area contributed by atoms with Crippen LogP contribution >= 0.6 is 0 Å². The van der Waals surface area contributed by atoms with Gasteiger partial charge in [-0.05, 0) is 19.4 Å². The van der Waals surface area contributed by atoms with Gasteiger partial charge in [0, 0.05) is 8.07 Å². The van der Waals surface area contributed by atoms with E-state index in [-0.39, 0.29) is 0 Å². The molecule has 1 atom stereocenters. The van der Waals surface area contributed by atoms with Gasteiger partial charge in [0.05, 0.1) is 12.7 Å². The quantitative estimate of drug-likeness (QED) is 0.351. The predicted octanol–water partition coefficient (Wildman–Crippen LogP) is 3.31. The van der Waals surface area contributed by atoms with Crippen LogP contribution in [0.4, 0.5) is 0 Å². The van der Waals surface area contributed by atoms with Crippen molar-refractivity contribution in [1.82, 2.24) is 0 Å². The third-order valence-corrected chi connectivity index (χ3v) is 3.42. The summed E-state index contributed by atoms with van der Waals surface area (Å²) in [5.74, 6) is 0. The number of hydrogen-bond donors (Lipinski definition) is 0. The summed E-state index contributed by atoms with van der Waals surface area (Å²) in [7, 11) is -0.931. The highest BCUT2D eigenvalue weighted by atomic mass is 28.3. The van der Waals surface area contributed by atoms with Gasteiger partial charge in [-0.15, -0.1) is 6.58 Å². The number of hydrogen-bond acceptors (Lipinski definition) is 1. The van der Waals surface area contributed by atoms with Gasteiger partial charge in [-0.2, -0.15) is 0 Å². The van der Waals surface area contributed by atoms with E-state index < -0.39 is 8.07 Å². The highest BCUT2D eigenvalue weighted by Gasteiger charge is 2.17. The van der Waals surface area contributed by atoms with Crippen molar-refractivity contribution >= 4 is 8.07 Å². The maximum absolute atomic E-state index is 5.62. The van der Waals surface area contributed by atoms with E-state index in [0.29, 0.717) is 6.10 Å². The van der Waals surface area contributed by atoms with Crippen molar-refractivity contribution in [2.75, 3.05) is 6.61 Å². The SMILES string of the molecule is C=CCCOC(C)C[Si](C)(C)C. The van der Waals surface area contributed by atoms with Crippen molar-refractivity contribution in [3.63, 3.8) is 0 Å². The fraction of sp³-hybridized carbons (Fsp3) is 0.800. The maximum atomic E-state index is 5.62. The molecule has 0 aliphatic carbocycles. The summed E-state index contributed by atoms with van der Waals surface area (Å²) in [6, 6.07) is 1.25. The van der Waals surface area contributed by atoms with Gasteiger partial charge in [0.25, 0.3) is 0 Å². The smallest absolute Gasteiger partial charge is 0.0523 e. The van der Waals surface area contributed by atoms with Gasteiger partial charge in [0.15, 0.2) is 0 Å². The van der Waals surface area contributed by atoms with Crippen molar-refractivity contribution < 1.29 is 4.74 Å². The van der Waals surface area contributed by atoms with Crippen LogP contribution in [0.25, 0.3) is 0 Å². The zero-order valence-corrected chi connectivity index (χ0v) is 9.89. The fourth-order valence-corrected chi connectivity index (χ4v) is 3.12. The Morgan fingerprint density at radius 1 is 1.42 bits per heavy atom. The Labute approximate surface area is 77.8 Å². The molecular formula is C10H22OSi. The minimum atomic E-state index is -0.931. The zero-order valence-electron chi connectivity index (χ0n) is 8.89. The van der Waals surface area contributed by atoms with Crippen molar-refractivity contribution in [2.45, 2.75) is 45.1 Å². The first-order valence-electron chi connectivity index (χ1n) is 4.68. The third kappa shape index (κ3) is 8.02. The molecule has 0 spiro atoms. The molecule has 0 saturated carbocycles. The van der Waals surface area contributed by atoms with Gasteiger partial charge >= 0.3 is 0 Å². The van der Waals surface area contributed by atoms with Crippen molar-refractivity contribution in [3.05, 3.63) is 12.7 Å². The molecule has 0 fully saturated rings. The minimum Gasteiger partial charge on any atom is -0.378 e. The summed E-state index contributed by atoms with van der Waals surface area (Å²) in [5.41, 5.74) is 0. The second-order valence-electron chi connectivity index (χ2n) is 4.52. The number of rotatable bonds is 6. The molecule has 0 aliphatic rings. The van der Waals surface area contributed by atoms with Crippen LogP contribution in [-0.4, -0.2) is 20.8 Å². The zero-order chi connectivity index (χ0) is 9.61. The lowest BCUT2D eigenvalue weighted by Gasteiger charge is -2.21. The van der Waals surface area contributed by atoms with E-state index in [0.717, 1.165) is 13.0 Å². The van der Waals surface area contributed by atoms with Gasteiger partial charge in [-0.25, -0.2) is 0 Å². The van der Waals surface area contributed by atoms with Crippen LogP contribution in [0.5, 0.6) is 0 Å². The summed E-state index contributed by atoms with van der Waals surface area (Å²) < 4.78 is 5.62. The average molecular weight is 186 g/mol. The van der Waals surface area contributed by atoms with E-state index in [2.05, 4.69) is 33.1 Å². The van der Waals surface area contributed by atoms with Gasteiger partial charge in [-0.1, -0.05) is 25.7 Å². The standard InChI is InChI=1S/C10H22OSi/c1-6-7-8-11-10(2)9-12(3,4)5/h6,10H,1,7-9H2,2-5H3. The van der Waals surface area contributed by atoms with E-state index in [1.807, 2.05) is 6.08 Å². The van der Waals surface area contributed by atoms with Gasteiger partial charge in [0.2, 0.25) is 0 Å². The molecule has 12 heavy (non-hydrogen) atoms. The summed E-state index contributed by atoms with van der Waals surface area (Å²) in [6.45, 7) is 13.8. The lowest BCUT2D eigenvalue weighted by atomic mass is 10.4. The first kappa shape index (κ1) is 11.9. The first-order valence-corrected chi connectivity index (χ1v) is 8.39. The largest absolute Gasteiger partial charge is 0.378 e. The van der Waals surface area contributed by atoms with Crippen LogP contribution in [0.1, 0.15) is 13.3 Å². The molecule has 0 aromatic heterocycles. The molecular weight excluding hydrogens is 164 g/mol. The van der Waals surface area contributed by atoms with Crippen LogP contribution in [0.3, 0.4) is 0 Å². The van der Waals surface area contributed by atoms with Gasteiger partial charge < -0.3 is 4.74 Å². The Balaban J connectivity index is 3.46. The lowest BCUT2D eigenvalue weighted by Crippen LogP contribution is -2.26. The second kappa shape index (κ2) is 5.54. The highest BCUT2D eigenvalue weighted by Crippen LogP contribution is 2.13. The van der Waals surface area contributed by atoms with Crippen molar-refractivity contribution in [1.29, 1.82) is 0 Å². The Morgan fingerprint density at radius 2 is 2.00 bits per heavy atom. The molecule has 0 rings (SSSR count). The molecule has 1 nitrogen and oxygen atoms in total. The maximum Gasteiger partial charge on any atom is 0.0523 e. The molecule has 2 heteroatoms. The predicted molar refractivity (Wildman–Crippen MR) is 58.4 cm³/mol. The van der Waals surface area contributed by atoms with Crippen molar-refractivity contribution in [2.24, 2.45) is 0 Å². The average Bonchev–Trinajstić information content (AvgIpc) is 1.84.